The third kappa shape index (κ3) is 4.52. The van der Waals surface area contributed by atoms with Crippen molar-refractivity contribution in [2.75, 3.05) is 4.90 Å². The largest absolute Gasteiger partial charge is 0.311 e. The number of hydrogen-bond donors (Lipinski definition) is 0. The van der Waals surface area contributed by atoms with Crippen molar-refractivity contribution >= 4 is 70.4 Å². The Morgan fingerprint density at radius 2 is 1.07 bits per heavy atom. The van der Waals surface area contributed by atoms with Crippen LogP contribution in [0.1, 0.15) is 25.0 Å². The van der Waals surface area contributed by atoms with Crippen molar-refractivity contribution in [1.29, 1.82) is 0 Å². The maximum Gasteiger partial charge on any atom is 0.0634 e. The molecular weight excluding hydrogens is 673 g/mol. The molecule has 256 valence electrons. The van der Waals surface area contributed by atoms with Crippen molar-refractivity contribution < 1.29 is 0 Å². The molecule has 10 aromatic rings. The molecule has 0 aliphatic heterocycles. The van der Waals surface area contributed by atoms with E-state index in [1.165, 1.54) is 81.0 Å². The molecule has 0 spiro atoms. The van der Waals surface area contributed by atoms with Gasteiger partial charge in [0.1, 0.15) is 0 Å². The molecule has 1 aliphatic carbocycles. The highest BCUT2D eigenvalue weighted by Crippen LogP contribution is 2.55. The normalized spacial score (nSPS) is 13.1. The number of benzene rings is 8. The van der Waals surface area contributed by atoms with Crippen molar-refractivity contribution in [2.45, 2.75) is 19.3 Å². The van der Waals surface area contributed by atoms with Crippen LogP contribution in [-0.4, -0.2) is 4.57 Å². The van der Waals surface area contributed by atoms with Gasteiger partial charge in [0, 0.05) is 59.1 Å². The summed E-state index contributed by atoms with van der Waals surface area (Å²) in [7, 11) is 0. The molecule has 0 amide bonds. The van der Waals surface area contributed by atoms with Gasteiger partial charge in [-0.15, -0.1) is 11.3 Å². The average Bonchev–Trinajstić information content (AvgIpc) is 3.84. The Balaban J connectivity index is 1.14. The van der Waals surface area contributed by atoms with Gasteiger partial charge in [0.25, 0.3) is 0 Å². The van der Waals surface area contributed by atoms with Crippen LogP contribution in [0.5, 0.6) is 0 Å². The molecule has 3 heteroatoms. The summed E-state index contributed by atoms with van der Waals surface area (Å²) in [5, 5.41) is 5.28. The van der Waals surface area contributed by atoms with E-state index in [1.807, 2.05) is 11.3 Å². The first kappa shape index (κ1) is 31.1. The number of hydrogen-bond acceptors (Lipinski definition) is 2. The summed E-state index contributed by atoms with van der Waals surface area (Å²) in [6.45, 7) is 4.76. The maximum absolute atomic E-state index is 2.51. The molecule has 2 nitrogen and oxygen atoms in total. The molecule has 0 saturated heterocycles. The summed E-state index contributed by atoms with van der Waals surface area (Å²) in [5.41, 5.74) is 15.0. The molecule has 0 fully saturated rings. The second-order valence-corrected chi connectivity index (χ2v) is 16.0. The zero-order valence-electron chi connectivity index (χ0n) is 30.1. The number of rotatable bonds is 5. The summed E-state index contributed by atoms with van der Waals surface area (Å²) in [5.74, 6) is 0. The lowest BCUT2D eigenvalue weighted by Gasteiger charge is -2.25. The summed E-state index contributed by atoms with van der Waals surface area (Å²) in [6.07, 6.45) is 0. The molecule has 0 radical (unpaired) electrons. The number of para-hydroxylation sites is 3. The minimum absolute atomic E-state index is 0.0575. The van der Waals surface area contributed by atoms with Gasteiger partial charge < -0.3 is 9.47 Å². The zero-order valence-corrected chi connectivity index (χ0v) is 30.9. The molecule has 8 aromatic carbocycles. The second-order valence-electron chi connectivity index (χ2n) is 14.9. The van der Waals surface area contributed by atoms with Crippen molar-refractivity contribution in [2.24, 2.45) is 0 Å². The Bertz CT molecular complexity index is 3010. The fourth-order valence-electron chi connectivity index (χ4n) is 9.07. The van der Waals surface area contributed by atoms with Crippen LogP contribution in [0, 0.1) is 0 Å². The lowest BCUT2D eigenvalue weighted by atomic mass is 9.82. The minimum Gasteiger partial charge on any atom is -0.311 e. The van der Waals surface area contributed by atoms with Gasteiger partial charge in [0.05, 0.1) is 11.0 Å². The maximum atomic E-state index is 2.51. The van der Waals surface area contributed by atoms with Crippen LogP contribution in [0.4, 0.5) is 17.1 Å². The predicted molar refractivity (Wildman–Crippen MR) is 231 cm³/mol. The molecule has 0 bridgehead atoms. The average molecular weight is 709 g/mol. The van der Waals surface area contributed by atoms with Gasteiger partial charge >= 0.3 is 0 Å². The van der Waals surface area contributed by atoms with Crippen LogP contribution < -0.4 is 4.90 Å². The topological polar surface area (TPSA) is 8.17 Å². The Kier molecular flexibility index (Phi) is 6.80. The van der Waals surface area contributed by atoms with Gasteiger partial charge in [0.15, 0.2) is 0 Å². The van der Waals surface area contributed by atoms with Crippen LogP contribution >= 0.6 is 11.3 Å². The molecule has 0 unspecified atom stereocenters. The zero-order chi connectivity index (χ0) is 36.0. The predicted octanol–water partition coefficient (Wildman–Crippen LogP) is 14.6. The third-order valence-corrected chi connectivity index (χ3v) is 12.7. The first-order valence-corrected chi connectivity index (χ1v) is 19.5. The Morgan fingerprint density at radius 1 is 0.481 bits per heavy atom. The van der Waals surface area contributed by atoms with Gasteiger partial charge in [-0.25, -0.2) is 0 Å². The highest BCUT2D eigenvalue weighted by molar-refractivity contribution is 7.26. The summed E-state index contributed by atoms with van der Waals surface area (Å²) in [4.78, 5) is 2.31. The number of anilines is 3. The standard InChI is InChI=1S/C51H36N2S/c1-51(2)42-21-13-12-20-40(42)47-43(51)28-31-45-48(47)49-46(54-45)30-27-39-41-32-34(24-29-44(41)53(50(39)49)37-18-10-5-11-19-37)33-22-25-38(26-23-33)52(35-14-6-3-7-15-35)36-16-8-4-9-17-36/h3-32H,1-2H3. The van der Waals surface area contributed by atoms with E-state index in [1.54, 1.807) is 0 Å². The Hall–Kier alpha value is -6.42. The van der Waals surface area contributed by atoms with Crippen LogP contribution in [0.15, 0.2) is 182 Å². The fourth-order valence-corrected chi connectivity index (χ4v) is 10.2. The summed E-state index contributed by atoms with van der Waals surface area (Å²) in [6, 6.07) is 66.6. The molecule has 0 N–H and O–H groups in total. The molecule has 54 heavy (non-hydrogen) atoms. The van der Waals surface area contributed by atoms with Crippen molar-refractivity contribution in [1.82, 2.24) is 4.57 Å². The number of aromatic nitrogens is 1. The van der Waals surface area contributed by atoms with Crippen LogP contribution in [0.3, 0.4) is 0 Å². The summed E-state index contributed by atoms with van der Waals surface area (Å²) >= 11 is 1.91. The van der Waals surface area contributed by atoms with E-state index >= 15 is 0 Å². The van der Waals surface area contributed by atoms with E-state index in [4.69, 9.17) is 0 Å². The van der Waals surface area contributed by atoms with Gasteiger partial charge in [-0.05, 0) is 106 Å². The molecule has 2 heterocycles. The van der Waals surface area contributed by atoms with Gasteiger partial charge in [-0.1, -0.05) is 123 Å². The molecular formula is C51H36N2S. The Morgan fingerprint density at radius 3 is 1.80 bits per heavy atom. The van der Waals surface area contributed by atoms with Gasteiger partial charge in [0.2, 0.25) is 0 Å². The van der Waals surface area contributed by atoms with Crippen molar-refractivity contribution in [3.63, 3.8) is 0 Å². The van der Waals surface area contributed by atoms with Crippen molar-refractivity contribution in [3.05, 3.63) is 193 Å². The molecule has 0 atom stereocenters. The second kappa shape index (κ2) is 11.8. The van der Waals surface area contributed by atoms with E-state index in [9.17, 15) is 0 Å². The minimum atomic E-state index is -0.0575. The van der Waals surface area contributed by atoms with Crippen LogP contribution in [-0.2, 0) is 5.41 Å². The summed E-state index contributed by atoms with van der Waals surface area (Å²) < 4.78 is 5.18. The lowest BCUT2D eigenvalue weighted by molar-refractivity contribution is 0.661. The first-order valence-electron chi connectivity index (χ1n) is 18.7. The SMILES string of the molecule is CC1(C)c2ccccc2-c2c1ccc1sc3ccc4c5cc(-c6ccc(N(c7ccccc7)c7ccccc7)cc6)ccc5n(-c5ccccc5)c4c3c21. The molecule has 2 aromatic heterocycles. The molecule has 1 aliphatic rings. The highest BCUT2D eigenvalue weighted by Gasteiger charge is 2.37. The van der Waals surface area contributed by atoms with Crippen LogP contribution in [0.25, 0.3) is 69.9 Å². The van der Waals surface area contributed by atoms with Crippen molar-refractivity contribution in [3.8, 4) is 27.9 Å². The number of thiophene rings is 1. The van der Waals surface area contributed by atoms with Crippen LogP contribution in [0.2, 0.25) is 0 Å². The molecule has 0 saturated carbocycles. The van der Waals surface area contributed by atoms with E-state index in [0.717, 1.165) is 17.1 Å². The highest BCUT2D eigenvalue weighted by atomic mass is 32.1. The van der Waals surface area contributed by atoms with E-state index in [2.05, 4.69) is 205 Å². The van der Waals surface area contributed by atoms with E-state index < -0.39 is 0 Å². The molecule has 11 rings (SSSR count). The van der Waals surface area contributed by atoms with Gasteiger partial charge in [-0.2, -0.15) is 0 Å². The number of fused-ring (bicyclic) bond motifs is 11. The Labute approximate surface area is 318 Å². The first-order chi connectivity index (χ1) is 26.6. The van der Waals surface area contributed by atoms with Gasteiger partial charge in [-0.3, -0.25) is 0 Å². The lowest BCUT2D eigenvalue weighted by Crippen LogP contribution is -2.14. The van der Waals surface area contributed by atoms with E-state index in [-0.39, 0.29) is 5.41 Å². The van der Waals surface area contributed by atoms with E-state index in [0.29, 0.717) is 0 Å². The third-order valence-electron chi connectivity index (χ3n) is 11.6. The smallest absolute Gasteiger partial charge is 0.0634 e. The quantitative estimate of drug-likeness (QED) is 0.173. The number of nitrogens with zero attached hydrogens (tertiary/aromatic N) is 2. The monoisotopic (exact) mass is 708 g/mol. The fraction of sp³-hybridized carbons (Fsp3) is 0.0588.